The van der Waals surface area contributed by atoms with Gasteiger partial charge in [-0.15, -0.1) is 0 Å². The smallest absolute Gasteiger partial charge is 0.124 e. The van der Waals surface area contributed by atoms with Gasteiger partial charge in [-0.05, 0) is 37.1 Å². The SMILES string of the molecule is c1cncc(CN(Cc2ccon2)C[C@H]2CCNC2)c1. The molecular formula is C15H20N4O. The molecule has 0 bridgehead atoms. The van der Waals surface area contributed by atoms with Crippen molar-refractivity contribution in [3.63, 3.8) is 0 Å². The zero-order valence-corrected chi connectivity index (χ0v) is 11.5. The molecule has 3 heterocycles. The van der Waals surface area contributed by atoms with Gasteiger partial charge in [-0.3, -0.25) is 9.88 Å². The van der Waals surface area contributed by atoms with E-state index in [2.05, 4.69) is 26.4 Å². The number of pyridine rings is 1. The summed E-state index contributed by atoms with van der Waals surface area (Å²) in [5.41, 5.74) is 2.22. The summed E-state index contributed by atoms with van der Waals surface area (Å²) >= 11 is 0. The zero-order valence-electron chi connectivity index (χ0n) is 11.5. The average Bonchev–Trinajstić information content (AvgIpc) is 3.13. The van der Waals surface area contributed by atoms with Crippen molar-refractivity contribution in [3.05, 3.63) is 48.1 Å². The molecule has 1 atom stereocenters. The topological polar surface area (TPSA) is 54.2 Å². The molecule has 5 heteroatoms. The van der Waals surface area contributed by atoms with E-state index in [9.17, 15) is 0 Å². The molecule has 1 saturated heterocycles. The van der Waals surface area contributed by atoms with Crippen LogP contribution in [0.25, 0.3) is 0 Å². The summed E-state index contributed by atoms with van der Waals surface area (Å²) in [6.45, 7) is 5.05. The van der Waals surface area contributed by atoms with Gasteiger partial charge in [-0.1, -0.05) is 11.2 Å². The average molecular weight is 272 g/mol. The Hall–Kier alpha value is -1.72. The lowest BCUT2D eigenvalue weighted by Gasteiger charge is -2.24. The highest BCUT2D eigenvalue weighted by Gasteiger charge is 2.19. The van der Waals surface area contributed by atoms with Crippen LogP contribution in [0.1, 0.15) is 17.7 Å². The number of hydrogen-bond acceptors (Lipinski definition) is 5. The summed E-state index contributed by atoms with van der Waals surface area (Å²) < 4.78 is 4.93. The van der Waals surface area contributed by atoms with E-state index in [4.69, 9.17) is 4.52 Å². The summed E-state index contributed by atoms with van der Waals surface area (Å²) in [6, 6.07) is 6.04. The standard InChI is InChI=1S/C15H20N4O/c1-2-13(8-16-5-1)10-19(11-14-3-6-17-9-14)12-15-4-7-20-18-15/h1-2,4-5,7-8,14,17H,3,6,9-12H2/t14-/m0/s1. The lowest BCUT2D eigenvalue weighted by molar-refractivity contribution is 0.214. The first kappa shape index (κ1) is 13.3. The molecule has 20 heavy (non-hydrogen) atoms. The highest BCUT2D eigenvalue weighted by Crippen LogP contribution is 2.14. The monoisotopic (exact) mass is 272 g/mol. The molecule has 0 saturated carbocycles. The van der Waals surface area contributed by atoms with Gasteiger partial charge in [0, 0.05) is 38.1 Å². The maximum absolute atomic E-state index is 4.93. The van der Waals surface area contributed by atoms with E-state index in [1.54, 1.807) is 6.26 Å². The van der Waals surface area contributed by atoms with E-state index in [1.807, 2.05) is 24.5 Å². The molecule has 0 amide bonds. The predicted molar refractivity (Wildman–Crippen MR) is 75.8 cm³/mol. The van der Waals surface area contributed by atoms with Gasteiger partial charge >= 0.3 is 0 Å². The van der Waals surface area contributed by atoms with Gasteiger partial charge in [0.2, 0.25) is 0 Å². The third-order valence-corrected chi connectivity index (χ3v) is 3.68. The summed E-state index contributed by atoms with van der Waals surface area (Å²) in [4.78, 5) is 6.62. The first-order valence-corrected chi connectivity index (χ1v) is 7.11. The Morgan fingerprint density at radius 2 is 2.35 bits per heavy atom. The van der Waals surface area contributed by atoms with Crippen LogP contribution in [-0.4, -0.2) is 34.7 Å². The summed E-state index contributed by atoms with van der Waals surface area (Å²) in [5.74, 6) is 0.721. The van der Waals surface area contributed by atoms with Crippen molar-refractivity contribution in [2.75, 3.05) is 19.6 Å². The Morgan fingerprint density at radius 3 is 3.05 bits per heavy atom. The first-order valence-electron chi connectivity index (χ1n) is 7.11. The minimum absolute atomic E-state index is 0.721. The van der Waals surface area contributed by atoms with E-state index in [0.29, 0.717) is 0 Å². The van der Waals surface area contributed by atoms with E-state index in [1.165, 1.54) is 12.0 Å². The molecule has 2 aromatic heterocycles. The van der Waals surface area contributed by atoms with Crippen LogP contribution in [0.2, 0.25) is 0 Å². The highest BCUT2D eigenvalue weighted by molar-refractivity contribution is 5.08. The van der Waals surface area contributed by atoms with Gasteiger partial charge in [0.1, 0.15) is 6.26 Å². The van der Waals surface area contributed by atoms with Gasteiger partial charge < -0.3 is 9.84 Å². The van der Waals surface area contributed by atoms with Crippen molar-refractivity contribution in [2.45, 2.75) is 19.5 Å². The molecule has 2 aromatic rings. The fraction of sp³-hybridized carbons (Fsp3) is 0.467. The Labute approximate surface area is 119 Å². The third kappa shape index (κ3) is 3.65. The van der Waals surface area contributed by atoms with Crippen LogP contribution in [0.15, 0.2) is 41.4 Å². The second-order valence-electron chi connectivity index (χ2n) is 5.38. The first-order chi connectivity index (χ1) is 9.90. The summed E-state index contributed by atoms with van der Waals surface area (Å²) in [5, 5.41) is 7.45. The van der Waals surface area contributed by atoms with E-state index in [-0.39, 0.29) is 0 Å². The molecule has 0 unspecified atom stereocenters. The van der Waals surface area contributed by atoms with Crippen LogP contribution in [0, 0.1) is 5.92 Å². The fourth-order valence-corrected chi connectivity index (χ4v) is 2.72. The van der Waals surface area contributed by atoms with Gasteiger partial charge in [-0.25, -0.2) is 0 Å². The zero-order chi connectivity index (χ0) is 13.6. The second-order valence-corrected chi connectivity index (χ2v) is 5.38. The van der Waals surface area contributed by atoms with Gasteiger partial charge in [0.05, 0.1) is 5.69 Å². The van der Waals surface area contributed by atoms with Crippen LogP contribution in [-0.2, 0) is 13.1 Å². The minimum Gasteiger partial charge on any atom is -0.364 e. The molecule has 0 spiro atoms. The number of aromatic nitrogens is 2. The van der Waals surface area contributed by atoms with Crippen LogP contribution in [0.5, 0.6) is 0 Å². The maximum Gasteiger partial charge on any atom is 0.124 e. The number of nitrogens with zero attached hydrogens (tertiary/aromatic N) is 3. The number of nitrogens with one attached hydrogen (secondary N) is 1. The molecular weight excluding hydrogens is 252 g/mol. The Bertz CT molecular complexity index is 494. The Morgan fingerprint density at radius 1 is 1.35 bits per heavy atom. The van der Waals surface area contributed by atoms with Crippen molar-refractivity contribution in [1.82, 2.24) is 20.4 Å². The fourth-order valence-electron chi connectivity index (χ4n) is 2.72. The molecule has 3 rings (SSSR count). The molecule has 5 nitrogen and oxygen atoms in total. The van der Waals surface area contributed by atoms with E-state index < -0.39 is 0 Å². The molecule has 1 aliphatic rings. The second kappa shape index (κ2) is 6.63. The summed E-state index contributed by atoms with van der Waals surface area (Å²) in [6.07, 6.45) is 6.63. The van der Waals surface area contributed by atoms with Crippen molar-refractivity contribution in [2.24, 2.45) is 5.92 Å². The van der Waals surface area contributed by atoms with Crippen LogP contribution in [0.3, 0.4) is 0 Å². The number of hydrogen-bond donors (Lipinski definition) is 1. The molecule has 1 fully saturated rings. The van der Waals surface area contributed by atoms with Gasteiger partial charge in [0.15, 0.2) is 0 Å². The molecule has 0 aromatic carbocycles. The van der Waals surface area contributed by atoms with E-state index >= 15 is 0 Å². The molecule has 0 radical (unpaired) electrons. The molecule has 0 aliphatic carbocycles. The Balaban J connectivity index is 1.65. The van der Waals surface area contributed by atoms with Gasteiger partial charge in [-0.2, -0.15) is 0 Å². The van der Waals surface area contributed by atoms with Crippen molar-refractivity contribution in [3.8, 4) is 0 Å². The minimum atomic E-state index is 0.721. The summed E-state index contributed by atoms with van der Waals surface area (Å²) in [7, 11) is 0. The largest absolute Gasteiger partial charge is 0.364 e. The van der Waals surface area contributed by atoms with Crippen molar-refractivity contribution >= 4 is 0 Å². The van der Waals surface area contributed by atoms with Crippen LogP contribution >= 0.6 is 0 Å². The van der Waals surface area contributed by atoms with E-state index in [0.717, 1.165) is 44.3 Å². The van der Waals surface area contributed by atoms with Gasteiger partial charge in [0.25, 0.3) is 0 Å². The lowest BCUT2D eigenvalue weighted by atomic mass is 10.1. The lowest BCUT2D eigenvalue weighted by Crippen LogP contribution is -2.30. The predicted octanol–water partition coefficient (Wildman–Crippen LogP) is 1.68. The van der Waals surface area contributed by atoms with Crippen molar-refractivity contribution in [1.29, 1.82) is 0 Å². The molecule has 1 N–H and O–H groups in total. The quantitative estimate of drug-likeness (QED) is 0.867. The number of rotatable bonds is 6. The van der Waals surface area contributed by atoms with Crippen molar-refractivity contribution < 1.29 is 4.52 Å². The molecule has 106 valence electrons. The third-order valence-electron chi connectivity index (χ3n) is 3.68. The Kier molecular flexibility index (Phi) is 4.40. The maximum atomic E-state index is 4.93. The molecule has 1 aliphatic heterocycles. The normalized spacial score (nSPS) is 18.8. The van der Waals surface area contributed by atoms with Crippen LogP contribution in [0.4, 0.5) is 0 Å². The van der Waals surface area contributed by atoms with Crippen LogP contribution < -0.4 is 5.32 Å². The highest BCUT2D eigenvalue weighted by atomic mass is 16.5.